The van der Waals surface area contributed by atoms with Gasteiger partial charge in [0.1, 0.15) is 17.6 Å². The summed E-state index contributed by atoms with van der Waals surface area (Å²) in [6.07, 6.45) is 2.67. The lowest BCUT2D eigenvalue weighted by Crippen LogP contribution is -2.57. The zero-order chi connectivity index (χ0) is 32.8. The van der Waals surface area contributed by atoms with E-state index >= 15 is 0 Å². The molecule has 2 aromatic rings. The van der Waals surface area contributed by atoms with Crippen LogP contribution in [0.25, 0.3) is 11.4 Å². The molecule has 248 valence electrons. The van der Waals surface area contributed by atoms with E-state index in [0.29, 0.717) is 68.6 Å². The number of anilines is 1. The third-order valence-electron chi connectivity index (χ3n) is 9.37. The minimum absolute atomic E-state index is 0.170. The minimum atomic E-state index is -0.760. The molecular formula is C34H46N6O6. The average Bonchev–Trinajstić information content (AvgIpc) is 3.52. The number of amides is 3. The first-order valence-corrected chi connectivity index (χ1v) is 16.5. The third kappa shape index (κ3) is 7.76. The lowest BCUT2D eigenvalue weighted by atomic mass is 10.0. The average molecular weight is 635 g/mol. The van der Waals surface area contributed by atoms with Gasteiger partial charge in [-0.1, -0.05) is 57.5 Å². The molecule has 46 heavy (non-hydrogen) atoms. The van der Waals surface area contributed by atoms with Gasteiger partial charge < -0.3 is 29.5 Å². The van der Waals surface area contributed by atoms with E-state index in [0.717, 1.165) is 37.9 Å². The molecular weight excluding hydrogens is 588 g/mol. The Labute approximate surface area is 270 Å². The maximum atomic E-state index is 13.8. The molecule has 4 atom stereocenters. The van der Waals surface area contributed by atoms with Crippen LogP contribution in [0.2, 0.25) is 0 Å². The first kappa shape index (κ1) is 33.2. The molecule has 0 bridgehead atoms. The van der Waals surface area contributed by atoms with Gasteiger partial charge in [0, 0.05) is 57.3 Å². The van der Waals surface area contributed by atoms with Crippen molar-refractivity contribution < 1.29 is 28.7 Å². The molecule has 12 heteroatoms. The summed E-state index contributed by atoms with van der Waals surface area (Å²) >= 11 is 0. The maximum absolute atomic E-state index is 13.8. The van der Waals surface area contributed by atoms with Gasteiger partial charge in [0.25, 0.3) is 5.91 Å². The standard InChI is InChI=1S/C34H46N6O6/c1-5-6-18-46-34(44)39-16-14-38(15-17-39)33(43)30(22(2)3)37-32(42)27-19-28(36-31(35-27)23-10-8-7-9-11-23)40-20-25-24(26(25)21-40)12-13-29(41)45-4/h7-11,19,22,24-26,30H,5-6,12-18,20-21H2,1-4H3,(H,37,42)/t24-,25+,26-,30-/m0/s1. The molecule has 3 amide bonds. The van der Waals surface area contributed by atoms with Gasteiger partial charge in [-0.3, -0.25) is 14.4 Å². The molecule has 1 aromatic carbocycles. The second kappa shape index (κ2) is 14.9. The van der Waals surface area contributed by atoms with E-state index in [4.69, 9.17) is 14.5 Å². The molecule has 3 heterocycles. The fourth-order valence-corrected chi connectivity index (χ4v) is 6.51. The summed E-state index contributed by atoms with van der Waals surface area (Å²) < 4.78 is 10.1. The Morgan fingerprint density at radius 1 is 0.978 bits per heavy atom. The van der Waals surface area contributed by atoms with E-state index in [9.17, 15) is 19.2 Å². The van der Waals surface area contributed by atoms with E-state index in [-0.39, 0.29) is 29.6 Å². The highest BCUT2D eigenvalue weighted by molar-refractivity contribution is 5.97. The van der Waals surface area contributed by atoms with Crippen LogP contribution in [0.15, 0.2) is 36.4 Å². The molecule has 1 N–H and O–H groups in total. The molecule has 0 unspecified atom stereocenters. The van der Waals surface area contributed by atoms with E-state index in [1.807, 2.05) is 51.1 Å². The van der Waals surface area contributed by atoms with Crippen molar-refractivity contribution in [3.8, 4) is 11.4 Å². The highest BCUT2D eigenvalue weighted by Crippen LogP contribution is 2.54. The number of ether oxygens (including phenoxy) is 2. The number of hydrogen-bond donors (Lipinski definition) is 1. The predicted molar refractivity (Wildman–Crippen MR) is 172 cm³/mol. The first-order chi connectivity index (χ1) is 22.2. The number of aromatic nitrogens is 2. The molecule has 0 radical (unpaired) electrons. The van der Waals surface area contributed by atoms with Gasteiger partial charge in [0.05, 0.1) is 13.7 Å². The second-order valence-electron chi connectivity index (χ2n) is 12.8. The molecule has 2 saturated heterocycles. The Bertz CT molecular complexity index is 1380. The molecule has 12 nitrogen and oxygen atoms in total. The number of carbonyl (C=O) groups is 4. The number of carbonyl (C=O) groups excluding carboxylic acids is 4. The summed E-state index contributed by atoms with van der Waals surface area (Å²) in [7, 11) is 1.42. The number of benzene rings is 1. The predicted octanol–water partition coefficient (Wildman–Crippen LogP) is 3.61. The van der Waals surface area contributed by atoms with Crippen LogP contribution >= 0.6 is 0 Å². The van der Waals surface area contributed by atoms with Crippen LogP contribution in [0.5, 0.6) is 0 Å². The number of piperazine rings is 1. The third-order valence-corrected chi connectivity index (χ3v) is 9.37. The van der Waals surface area contributed by atoms with Crippen molar-refractivity contribution in [1.29, 1.82) is 0 Å². The molecule has 5 rings (SSSR count). The fraction of sp³-hybridized carbons (Fsp3) is 0.588. The van der Waals surface area contributed by atoms with Gasteiger partial charge in [0.2, 0.25) is 5.91 Å². The van der Waals surface area contributed by atoms with Crippen LogP contribution < -0.4 is 10.2 Å². The number of unbranched alkanes of at least 4 members (excludes halogenated alkanes) is 1. The van der Waals surface area contributed by atoms with Crippen molar-refractivity contribution in [3.05, 3.63) is 42.1 Å². The van der Waals surface area contributed by atoms with Crippen LogP contribution in [-0.4, -0.2) is 103 Å². The van der Waals surface area contributed by atoms with Crippen LogP contribution in [0, 0.1) is 23.7 Å². The van der Waals surface area contributed by atoms with Crippen molar-refractivity contribution in [1.82, 2.24) is 25.1 Å². The molecule has 1 aromatic heterocycles. The zero-order valence-corrected chi connectivity index (χ0v) is 27.3. The normalized spacial score (nSPS) is 21.1. The van der Waals surface area contributed by atoms with Gasteiger partial charge in [-0.05, 0) is 36.5 Å². The lowest BCUT2D eigenvalue weighted by molar-refractivity contribution is -0.140. The lowest BCUT2D eigenvalue weighted by Gasteiger charge is -2.36. The molecule has 0 spiro atoms. The number of esters is 1. The zero-order valence-electron chi connectivity index (χ0n) is 27.3. The van der Waals surface area contributed by atoms with Crippen LogP contribution in [0.4, 0.5) is 10.6 Å². The Kier molecular flexibility index (Phi) is 10.7. The van der Waals surface area contributed by atoms with Gasteiger partial charge in [0.15, 0.2) is 5.82 Å². The van der Waals surface area contributed by atoms with Crippen molar-refractivity contribution in [2.24, 2.45) is 23.7 Å². The largest absolute Gasteiger partial charge is 0.469 e. The van der Waals surface area contributed by atoms with E-state index in [1.165, 1.54) is 7.11 Å². The van der Waals surface area contributed by atoms with E-state index in [2.05, 4.69) is 15.2 Å². The first-order valence-electron chi connectivity index (χ1n) is 16.5. The van der Waals surface area contributed by atoms with Gasteiger partial charge >= 0.3 is 12.1 Å². The number of hydrogen-bond acceptors (Lipinski definition) is 9. The smallest absolute Gasteiger partial charge is 0.409 e. The van der Waals surface area contributed by atoms with Crippen molar-refractivity contribution in [2.75, 3.05) is 57.9 Å². The second-order valence-corrected chi connectivity index (χ2v) is 12.8. The Balaban J connectivity index is 1.26. The summed E-state index contributed by atoms with van der Waals surface area (Å²) in [5.41, 5.74) is 0.992. The van der Waals surface area contributed by atoms with Gasteiger partial charge in [-0.15, -0.1) is 0 Å². The monoisotopic (exact) mass is 634 g/mol. The Morgan fingerprint density at radius 2 is 1.65 bits per heavy atom. The topological polar surface area (TPSA) is 134 Å². The molecule has 1 saturated carbocycles. The Morgan fingerprint density at radius 3 is 2.28 bits per heavy atom. The van der Waals surface area contributed by atoms with E-state index < -0.39 is 11.9 Å². The molecule has 3 aliphatic rings. The molecule has 2 aliphatic heterocycles. The maximum Gasteiger partial charge on any atom is 0.409 e. The molecule has 3 fully saturated rings. The number of nitrogens with zero attached hydrogens (tertiary/aromatic N) is 5. The van der Waals surface area contributed by atoms with Crippen LogP contribution in [0.1, 0.15) is 56.9 Å². The van der Waals surface area contributed by atoms with E-state index in [1.54, 1.807) is 15.9 Å². The Hall–Kier alpha value is -4.22. The number of fused-ring (bicyclic) bond motifs is 1. The molecule has 1 aliphatic carbocycles. The number of rotatable bonds is 12. The van der Waals surface area contributed by atoms with Crippen LogP contribution in [-0.2, 0) is 19.1 Å². The summed E-state index contributed by atoms with van der Waals surface area (Å²) in [6, 6.07) is 10.5. The van der Waals surface area contributed by atoms with Crippen LogP contribution in [0.3, 0.4) is 0 Å². The number of methoxy groups -OCH3 is 1. The van der Waals surface area contributed by atoms with Crippen molar-refractivity contribution in [2.45, 2.75) is 52.5 Å². The summed E-state index contributed by atoms with van der Waals surface area (Å²) in [6.45, 7) is 9.33. The fourth-order valence-electron chi connectivity index (χ4n) is 6.51. The minimum Gasteiger partial charge on any atom is -0.469 e. The number of nitrogens with one attached hydrogen (secondary N) is 1. The van der Waals surface area contributed by atoms with Gasteiger partial charge in [-0.25, -0.2) is 14.8 Å². The highest BCUT2D eigenvalue weighted by Gasteiger charge is 2.55. The van der Waals surface area contributed by atoms with Gasteiger partial charge in [-0.2, -0.15) is 0 Å². The van der Waals surface area contributed by atoms with Crippen molar-refractivity contribution in [3.63, 3.8) is 0 Å². The number of piperidine rings is 1. The quantitative estimate of drug-likeness (QED) is 0.275. The summed E-state index contributed by atoms with van der Waals surface area (Å²) in [5, 5.41) is 2.96. The summed E-state index contributed by atoms with van der Waals surface area (Å²) in [4.78, 5) is 66.4. The summed E-state index contributed by atoms with van der Waals surface area (Å²) in [5.74, 6) is 1.62. The highest BCUT2D eigenvalue weighted by atomic mass is 16.6. The SMILES string of the molecule is CCCCOC(=O)N1CCN(C(=O)[C@@H](NC(=O)c2cc(N3C[C@@H]4[C@H](CCC(=O)OC)[C@@H]4C3)nc(-c3ccccc3)n2)C(C)C)CC1. The van der Waals surface area contributed by atoms with Crippen molar-refractivity contribution >= 4 is 29.7 Å².